The Morgan fingerprint density at radius 2 is 1.90 bits per heavy atom. The van der Waals surface area contributed by atoms with Gasteiger partial charge < -0.3 is 9.52 Å². The Bertz CT molecular complexity index is 832. The molecule has 4 rings (SSSR count). The average Bonchev–Trinajstić information content (AvgIpc) is 2.81. The van der Waals surface area contributed by atoms with Crippen LogP contribution in [0.1, 0.15) is 29.7 Å². The molecule has 4 heteroatoms. The van der Waals surface area contributed by atoms with Gasteiger partial charge in [-0.15, -0.1) is 0 Å². The van der Waals surface area contributed by atoms with E-state index in [-0.39, 0.29) is 11.8 Å². The molecule has 3 aromatic rings. The van der Waals surface area contributed by atoms with Crippen LogP contribution in [0.2, 0.25) is 0 Å². The van der Waals surface area contributed by atoms with Gasteiger partial charge in [-0.2, -0.15) is 0 Å². The number of nitrogens with zero attached hydrogens (tertiary/aromatic N) is 1. The van der Waals surface area contributed by atoms with E-state index >= 15 is 0 Å². The zero-order chi connectivity index (χ0) is 13.7. The Hall–Kier alpha value is -2.33. The number of benzene rings is 2. The fraction of sp³-hybridized carbons (Fsp3) is 0.188. The van der Waals surface area contributed by atoms with Crippen LogP contribution in [-0.4, -0.2) is 9.67 Å². The first-order valence-corrected chi connectivity index (χ1v) is 6.62. The van der Waals surface area contributed by atoms with Gasteiger partial charge in [-0.05, 0) is 11.6 Å². The van der Waals surface area contributed by atoms with Gasteiger partial charge in [0.1, 0.15) is 0 Å². The SMILES string of the molecule is O=c1oc2cccc3c2n1[C@@H](c1ccccc1)C[C@H]3O. The van der Waals surface area contributed by atoms with E-state index in [1.807, 2.05) is 36.4 Å². The summed E-state index contributed by atoms with van der Waals surface area (Å²) in [7, 11) is 0. The van der Waals surface area contributed by atoms with Crippen molar-refractivity contribution in [3.63, 3.8) is 0 Å². The summed E-state index contributed by atoms with van der Waals surface area (Å²) >= 11 is 0. The number of aromatic nitrogens is 1. The molecule has 2 aromatic carbocycles. The number of oxazole rings is 1. The van der Waals surface area contributed by atoms with Crippen molar-refractivity contribution < 1.29 is 9.52 Å². The molecular formula is C16H13NO3. The van der Waals surface area contributed by atoms with E-state index in [0.717, 1.165) is 11.1 Å². The molecule has 20 heavy (non-hydrogen) atoms. The lowest BCUT2D eigenvalue weighted by molar-refractivity contribution is 0.146. The van der Waals surface area contributed by atoms with E-state index in [2.05, 4.69) is 0 Å². The Kier molecular flexibility index (Phi) is 2.35. The molecule has 0 saturated heterocycles. The summed E-state index contributed by atoms with van der Waals surface area (Å²) in [6.45, 7) is 0. The Balaban J connectivity index is 2.05. The molecule has 0 aliphatic carbocycles. The number of para-hydroxylation sites is 1. The van der Waals surface area contributed by atoms with E-state index in [9.17, 15) is 9.90 Å². The average molecular weight is 267 g/mol. The van der Waals surface area contributed by atoms with Crippen LogP contribution in [0.5, 0.6) is 0 Å². The molecule has 2 atom stereocenters. The van der Waals surface area contributed by atoms with Gasteiger partial charge in [0.2, 0.25) is 0 Å². The first kappa shape index (κ1) is 11.5. The number of rotatable bonds is 1. The number of aliphatic hydroxyl groups excluding tert-OH is 1. The fourth-order valence-corrected chi connectivity index (χ4v) is 3.07. The van der Waals surface area contributed by atoms with Gasteiger partial charge in [-0.25, -0.2) is 4.79 Å². The standard InChI is InChI=1S/C16H13NO3/c18-13-9-12(10-5-2-1-3-6-10)17-15-11(13)7-4-8-14(15)20-16(17)19/h1-8,12-13,18H,9H2/t12-,13-/m1/s1. The second kappa shape index (κ2) is 4.08. The Morgan fingerprint density at radius 3 is 2.70 bits per heavy atom. The van der Waals surface area contributed by atoms with Crippen molar-refractivity contribution in [1.29, 1.82) is 0 Å². The minimum absolute atomic E-state index is 0.185. The molecule has 0 bridgehead atoms. The number of aliphatic hydroxyl groups is 1. The van der Waals surface area contributed by atoms with Gasteiger partial charge in [-0.1, -0.05) is 42.5 Å². The summed E-state index contributed by atoms with van der Waals surface area (Å²) in [5.41, 5.74) is 3.02. The molecule has 1 N–H and O–H groups in total. The van der Waals surface area contributed by atoms with Crippen LogP contribution in [0, 0.1) is 0 Å². The van der Waals surface area contributed by atoms with E-state index in [1.165, 1.54) is 0 Å². The second-order valence-electron chi connectivity index (χ2n) is 5.11. The molecule has 1 aromatic heterocycles. The van der Waals surface area contributed by atoms with Gasteiger partial charge in [0, 0.05) is 12.0 Å². The highest BCUT2D eigenvalue weighted by molar-refractivity contribution is 5.78. The highest BCUT2D eigenvalue weighted by Crippen LogP contribution is 2.39. The Labute approximate surface area is 114 Å². The minimum atomic E-state index is -0.582. The van der Waals surface area contributed by atoms with Crippen molar-refractivity contribution in [2.45, 2.75) is 18.6 Å². The predicted molar refractivity (Wildman–Crippen MR) is 74.6 cm³/mol. The summed E-state index contributed by atoms with van der Waals surface area (Å²) in [4.78, 5) is 12.2. The molecule has 1 aliphatic rings. The van der Waals surface area contributed by atoms with Gasteiger partial charge in [0.05, 0.1) is 17.7 Å². The topological polar surface area (TPSA) is 55.4 Å². The zero-order valence-electron chi connectivity index (χ0n) is 10.7. The summed E-state index contributed by atoms with van der Waals surface area (Å²) < 4.78 is 6.97. The molecule has 0 saturated carbocycles. The molecule has 0 radical (unpaired) electrons. The zero-order valence-corrected chi connectivity index (χ0v) is 10.7. The summed E-state index contributed by atoms with van der Waals surface area (Å²) in [5, 5.41) is 10.4. The third-order valence-corrected chi connectivity index (χ3v) is 3.97. The maximum Gasteiger partial charge on any atom is 0.420 e. The first-order valence-electron chi connectivity index (χ1n) is 6.62. The van der Waals surface area contributed by atoms with Crippen LogP contribution in [0.4, 0.5) is 0 Å². The molecule has 2 heterocycles. The van der Waals surface area contributed by atoms with E-state index in [1.54, 1.807) is 16.7 Å². The van der Waals surface area contributed by atoms with Crippen LogP contribution in [0.15, 0.2) is 57.7 Å². The first-order chi connectivity index (χ1) is 9.75. The van der Waals surface area contributed by atoms with Crippen LogP contribution >= 0.6 is 0 Å². The lowest BCUT2D eigenvalue weighted by Gasteiger charge is -2.27. The van der Waals surface area contributed by atoms with Crippen molar-refractivity contribution in [3.05, 3.63) is 70.2 Å². The lowest BCUT2D eigenvalue weighted by atomic mass is 9.92. The molecular weight excluding hydrogens is 254 g/mol. The molecule has 0 spiro atoms. The maximum atomic E-state index is 12.2. The fourth-order valence-electron chi connectivity index (χ4n) is 3.07. The summed E-state index contributed by atoms with van der Waals surface area (Å²) in [6.07, 6.45) is -0.101. The van der Waals surface area contributed by atoms with Crippen molar-refractivity contribution in [1.82, 2.24) is 4.57 Å². The minimum Gasteiger partial charge on any atom is -0.408 e. The Morgan fingerprint density at radius 1 is 1.10 bits per heavy atom. The molecule has 0 amide bonds. The molecule has 0 unspecified atom stereocenters. The maximum absolute atomic E-state index is 12.2. The van der Waals surface area contributed by atoms with Crippen LogP contribution in [0.25, 0.3) is 11.1 Å². The van der Waals surface area contributed by atoms with Gasteiger partial charge in [0.25, 0.3) is 0 Å². The van der Waals surface area contributed by atoms with Crippen molar-refractivity contribution in [2.24, 2.45) is 0 Å². The summed E-state index contributed by atoms with van der Waals surface area (Å²) in [5.74, 6) is -0.367. The molecule has 0 fully saturated rings. The van der Waals surface area contributed by atoms with Gasteiger partial charge >= 0.3 is 5.76 Å². The third-order valence-electron chi connectivity index (χ3n) is 3.97. The molecule has 4 nitrogen and oxygen atoms in total. The quantitative estimate of drug-likeness (QED) is 0.737. The van der Waals surface area contributed by atoms with Crippen LogP contribution in [-0.2, 0) is 0 Å². The van der Waals surface area contributed by atoms with Crippen molar-refractivity contribution >= 4 is 11.1 Å². The molecule has 1 aliphatic heterocycles. The normalized spacial score (nSPS) is 21.2. The largest absolute Gasteiger partial charge is 0.420 e. The second-order valence-corrected chi connectivity index (χ2v) is 5.11. The lowest BCUT2D eigenvalue weighted by Crippen LogP contribution is -2.27. The van der Waals surface area contributed by atoms with Crippen molar-refractivity contribution in [3.8, 4) is 0 Å². The smallest absolute Gasteiger partial charge is 0.408 e. The highest BCUT2D eigenvalue weighted by atomic mass is 16.4. The number of hydrogen-bond acceptors (Lipinski definition) is 3. The third kappa shape index (κ3) is 1.48. The summed E-state index contributed by atoms with van der Waals surface area (Å²) in [6, 6.07) is 15.0. The van der Waals surface area contributed by atoms with E-state index in [4.69, 9.17) is 4.42 Å². The monoisotopic (exact) mass is 267 g/mol. The predicted octanol–water partition coefficient (Wildman–Crippen LogP) is 2.62. The molecule has 100 valence electrons. The number of hydrogen-bond donors (Lipinski definition) is 1. The van der Waals surface area contributed by atoms with Crippen LogP contribution in [0.3, 0.4) is 0 Å². The van der Waals surface area contributed by atoms with E-state index < -0.39 is 6.10 Å². The van der Waals surface area contributed by atoms with Gasteiger partial charge in [0.15, 0.2) is 5.58 Å². The van der Waals surface area contributed by atoms with Crippen LogP contribution < -0.4 is 5.76 Å². The van der Waals surface area contributed by atoms with E-state index in [0.29, 0.717) is 17.5 Å². The van der Waals surface area contributed by atoms with Crippen molar-refractivity contribution in [2.75, 3.05) is 0 Å². The highest BCUT2D eigenvalue weighted by Gasteiger charge is 2.31. The van der Waals surface area contributed by atoms with Gasteiger partial charge in [-0.3, -0.25) is 4.57 Å².